The molecule has 0 heterocycles. The van der Waals surface area contributed by atoms with Gasteiger partial charge in [-0.25, -0.2) is 0 Å². The van der Waals surface area contributed by atoms with Crippen molar-refractivity contribution in [1.29, 1.82) is 0 Å². The van der Waals surface area contributed by atoms with Crippen molar-refractivity contribution in [3.63, 3.8) is 0 Å². The summed E-state index contributed by atoms with van der Waals surface area (Å²) in [7, 11) is -0.582. The van der Waals surface area contributed by atoms with Gasteiger partial charge >= 0.3 is 0 Å². The topological polar surface area (TPSA) is 9.23 Å². The molecule has 11 heavy (non-hydrogen) atoms. The van der Waals surface area contributed by atoms with Gasteiger partial charge in [-0.2, -0.15) is 0 Å². The van der Waals surface area contributed by atoms with Gasteiger partial charge < -0.3 is 4.74 Å². The minimum absolute atomic E-state index is 0.420. The van der Waals surface area contributed by atoms with Gasteiger partial charge in [-0.05, 0) is 5.04 Å². The molecule has 0 N–H and O–H groups in total. The van der Waals surface area contributed by atoms with Gasteiger partial charge in [0, 0.05) is 15.4 Å². The molecule has 0 rings (SSSR count). The molecule has 0 bridgehead atoms. The van der Waals surface area contributed by atoms with Gasteiger partial charge in [0.2, 0.25) is 0 Å². The lowest BCUT2D eigenvalue weighted by molar-refractivity contribution is 0.139. The maximum Gasteiger partial charge on any atom is 0.0644 e. The Bertz CT molecular complexity index is 119. The molecule has 0 atom stereocenters. The van der Waals surface area contributed by atoms with Crippen LogP contribution < -0.4 is 0 Å². The third kappa shape index (κ3) is 4.38. The fourth-order valence-electron chi connectivity index (χ4n) is 0.572. The Kier molecular flexibility index (Phi) is 4.69. The summed E-state index contributed by atoms with van der Waals surface area (Å²) in [5.41, 5.74) is 0. The SMILES string of the molecule is C=CCOCC(C)(C)[SiH](C)C. The first-order valence-corrected chi connectivity index (χ1v) is 7.08. The van der Waals surface area contributed by atoms with Crippen LogP contribution in [0.15, 0.2) is 12.7 Å². The average molecular weight is 172 g/mol. The van der Waals surface area contributed by atoms with Crippen LogP contribution in [0.5, 0.6) is 0 Å². The number of hydrogen-bond donors (Lipinski definition) is 0. The van der Waals surface area contributed by atoms with Crippen molar-refractivity contribution in [2.24, 2.45) is 0 Å². The summed E-state index contributed by atoms with van der Waals surface area (Å²) in [5, 5.41) is 0.420. The second-order valence-electron chi connectivity index (χ2n) is 3.95. The first kappa shape index (κ1) is 10.9. The molecule has 0 unspecified atom stereocenters. The van der Waals surface area contributed by atoms with Crippen LogP contribution >= 0.6 is 0 Å². The van der Waals surface area contributed by atoms with Crippen LogP contribution in [0.2, 0.25) is 18.1 Å². The van der Waals surface area contributed by atoms with Crippen molar-refractivity contribution < 1.29 is 4.74 Å². The van der Waals surface area contributed by atoms with Gasteiger partial charge in [0.25, 0.3) is 0 Å². The predicted octanol–water partition coefficient (Wildman–Crippen LogP) is 2.46. The predicted molar refractivity (Wildman–Crippen MR) is 53.9 cm³/mol. The normalized spacial score (nSPS) is 12.1. The second kappa shape index (κ2) is 4.73. The van der Waals surface area contributed by atoms with E-state index < -0.39 is 8.80 Å². The molecule has 0 amide bonds. The van der Waals surface area contributed by atoms with E-state index in [0.717, 1.165) is 6.61 Å². The van der Waals surface area contributed by atoms with E-state index in [0.29, 0.717) is 11.6 Å². The molecule has 0 saturated heterocycles. The Balaban J connectivity index is 3.63. The summed E-state index contributed by atoms with van der Waals surface area (Å²) in [4.78, 5) is 0. The quantitative estimate of drug-likeness (QED) is 0.352. The Morgan fingerprint density at radius 1 is 1.45 bits per heavy atom. The monoisotopic (exact) mass is 172 g/mol. The number of rotatable bonds is 5. The molecule has 0 aliphatic rings. The highest BCUT2D eigenvalue weighted by Gasteiger charge is 2.22. The number of ether oxygens (including phenoxy) is 1. The lowest BCUT2D eigenvalue weighted by Gasteiger charge is -2.27. The lowest BCUT2D eigenvalue weighted by Crippen LogP contribution is -2.26. The van der Waals surface area contributed by atoms with Crippen molar-refractivity contribution in [3.8, 4) is 0 Å². The summed E-state index contributed by atoms with van der Waals surface area (Å²) in [6.45, 7) is 14.5. The first-order valence-electron chi connectivity index (χ1n) is 4.19. The Morgan fingerprint density at radius 2 is 2.00 bits per heavy atom. The zero-order chi connectivity index (χ0) is 8.91. The van der Waals surface area contributed by atoms with E-state index in [-0.39, 0.29) is 0 Å². The molecular formula is C9H20OSi. The summed E-state index contributed by atoms with van der Waals surface area (Å²) >= 11 is 0. The van der Waals surface area contributed by atoms with Crippen molar-refractivity contribution >= 4 is 8.80 Å². The molecule has 0 fully saturated rings. The van der Waals surface area contributed by atoms with E-state index in [2.05, 4.69) is 33.5 Å². The Labute approximate surface area is 72.1 Å². The molecule has 0 aliphatic heterocycles. The van der Waals surface area contributed by atoms with Crippen molar-refractivity contribution in [2.75, 3.05) is 13.2 Å². The highest BCUT2D eigenvalue weighted by molar-refractivity contribution is 6.59. The van der Waals surface area contributed by atoms with E-state index in [1.54, 1.807) is 6.08 Å². The van der Waals surface area contributed by atoms with Gasteiger partial charge in [0.05, 0.1) is 6.61 Å². The Morgan fingerprint density at radius 3 is 2.36 bits per heavy atom. The smallest absolute Gasteiger partial charge is 0.0644 e. The molecule has 0 aromatic rings. The van der Waals surface area contributed by atoms with Crippen LogP contribution in [0.1, 0.15) is 13.8 Å². The fraction of sp³-hybridized carbons (Fsp3) is 0.778. The van der Waals surface area contributed by atoms with Crippen molar-refractivity contribution in [2.45, 2.75) is 32.0 Å². The zero-order valence-electron chi connectivity index (χ0n) is 8.18. The number of hydrogen-bond acceptors (Lipinski definition) is 1. The van der Waals surface area contributed by atoms with E-state index in [1.807, 2.05) is 0 Å². The molecule has 0 saturated carbocycles. The van der Waals surface area contributed by atoms with Gasteiger partial charge in [-0.15, -0.1) is 6.58 Å². The maximum absolute atomic E-state index is 5.43. The summed E-state index contributed by atoms with van der Waals surface area (Å²) < 4.78 is 5.43. The summed E-state index contributed by atoms with van der Waals surface area (Å²) in [6.07, 6.45) is 1.80. The molecule has 0 aliphatic carbocycles. The molecule has 0 aromatic heterocycles. The second-order valence-corrected chi connectivity index (χ2v) is 7.82. The standard InChI is InChI=1S/C9H20OSi/c1-6-7-10-8-9(2,3)11(4)5/h6,11H,1,7-8H2,2-5H3. The van der Waals surface area contributed by atoms with Crippen molar-refractivity contribution in [1.82, 2.24) is 0 Å². The van der Waals surface area contributed by atoms with E-state index in [9.17, 15) is 0 Å². The van der Waals surface area contributed by atoms with E-state index in [1.165, 1.54) is 0 Å². The molecule has 1 nitrogen and oxygen atoms in total. The van der Waals surface area contributed by atoms with Crippen LogP contribution in [-0.2, 0) is 4.74 Å². The third-order valence-electron chi connectivity index (χ3n) is 2.27. The van der Waals surface area contributed by atoms with Crippen LogP contribution in [-0.4, -0.2) is 22.0 Å². The van der Waals surface area contributed by atoms with Crippen molar-refractivity contribution in [3.05, 3.63) is 12.7 Å². The molecule has 2 heteroatoms. The van der Waals surface area contributed by atoms with Gasteiger partial charge in [-0.1, -0.05) is 33.0 Å². The van der Waals surface area contributed by atoms with Crippen LogP contribution in [0.3, 0.4) is 0 Å². The minimum atomic E-state index is -0.582. The van der Waals surface area contributed by atoms with E-state index in [4.69, 9.17) is 4.74 Å². The van der Waals surface area contributed by atoms with Gasteiger partial charge in [-0.3, -0.25) is 0 Å². The fourth-order valence-corrected chi connectivity index (χ4v) is 1.02. The van der Waals surface area contributed by atoms with Crippen LogP contribution in [0.25, 0.3) is 0 Å². The molecule has 66 valence electrons. The first-order chi connectivity index (χ1) is 5.00. The summed E-state index contributed by atoms with van der Waals surface area (Å²) in [5.74, 6) is 0. The van der Waals surface area contributed by atoms with E-state index >= 15 is 0 Å². The molecule has 0 spiro atoms. The van der Waals surface area contributed by atoms with Gasteiger partial charge in [0.1, 0.15) is 0 Å². The molecule has 0 radical (unpaired) electrons. The Hall–Kier alpha value is -0.0831. The largest absolute Gasteiger partial charge is 0.377 e. The van der Waals surface area contributed by atoms with Crippen LogP contribution in [0.4, 0.5) is 0 Å². The zero-order valence-corrected chi connectivity index (χ0v) is 9.34. The molecule has 0 aromatic carbocycles. The third-order valence-corrected chi connectivity index (χ3v) is 5.57. The average Bonchev–Trinajstić information content (AvgIpc) is 1.88. The van der Waals surface area contributed by atoms with Crippen LogP contribution in [0, 0.1) is 0 Å². The van der Waals surface area contributed by atoms with Gasteiger partial charge in [0.15, 0.2) is 0 Å². The minimum Gasteiger partial charge on any atom is -0.377 e. The maximum atomic E-state index is 5.43. The highest BCUT2D eigenvalue weighted by Crippen LogP contribution is 2.27. The molecular weight excluding hydrogens is 152 g/mol. The highest BCUT2D eigenvalue weighted by atomic mass is 28.3. The lowest BCUT2D eigenvalue weighted by atomic mass is 10.2. The summed E-state index contributed by atoms with van der Waals surface area (Å²) in [6, 6.07) is 0.